The van der Waals surface area contributed by atoms with E-state index in [0.717, 1.165) is 43.3 Å². The molecule has 23 heavy (non-hydrogen) atoms. The summed E-state index contributed by atoms with van der Waals surface area (Å²) in [7, 11) is 0. The SMILES string of the molecule is Cc1ncsc1C(=O)NCCN1CCN(c2ccccc2)CC1. The van der Waals surface area contributed by atoms with Crippen LogP contribution in [0.4, 0.5) is 5.69 Å². The molecule has 1 amide bonds. The normalized spacial score (nSPS) is 15.6. The lowest BCUT2D eigenvalue weighted by molar-refractivity contribution is 0.0951. The van der Waals surface area contributed by atoms with Crippen LogP contribution in [0.3, 0.4) is 0 Å². The number of hydrogen-bond donors (Lipinski definition) is 1. The van der Waals surface area contributed by atoms with Crippen LogP contribution in [-0.4, -0.2) is 55.1 Å². The van der Waals surface area contributed by atoms with Crippen LogP contribution >= 0.6 is 11.3 Å². The standard InChI is InChI=1S/C17H22N4OS/c1-14-16(23-13-19-14)17(22)18-7-8-20-9-11-21(12-10-20)15-5-3-2-4-6-15/h2-6,13H,7-12H2,1H3,(H,18,22). The summed E-state index contributed by atoms with van der Waals surface area (Å²) >= 11 is 1.40. The first kappa shape index (κ1) is 16.0. The molecule has 1 aliphatic heterocycles. The summed E-state index contributed by atoms with van der Waals surface area (Å²) < 4.78 is 0. The molecule has 0 atom stereocenters. The highest BCUT2D eigenvalue weighted by Gasteiger charge is 2.17. The number of rotatable bonds is 5. The average Bonchev–Trinajstić information content (AvgIpc) is 3.02. The van der Waals surface area contributed by atoms with Gasteiger partial charge < -0.3 is 10.2 Å². The third kappa shape index (κ3) is 4.09. The number of para-hydroxylation sites is 1. The highest BCUT2D eigenvalue weighted by atomic mass is 32.1. The second-order valence-corrected chi connectivity index (χ2v) is 6.54. The molecule has 1 aromatic carbocycles. The number of aryl methyl sites for hydroxylation is 1. The molecule has 0 spiro atoms. The maximum absolute atomic E-state index is 12.0. The molecule has 1 aliphatic rings. The fraction of sp³-hybridized carbons (Fsp3) is 0.412. The second-order valence-electron chi connectivity index (χ2n) is 5.69. The monoisotopic (exact) mass is 330 g/mol. The van der Waals surface area contributed by atoms with Crippen LogP contribution in [0.1, 0.15) is 15.4 Å². The van der Waals surface area contributed by atoms with Crippen LogP contribution in [0.25, 0.3) is 0 Å². The Kier molecular flexibility index (Phi) is 5.25. The number of benzene rings is 1. The van der Waals surface area contributed by atoms with Crippen molar-refractivity contribution >= 4 is 22.9 Å². The fourth-order valence-corrected chi connectivity index (χ4v) is 3.51. The number of aromatic nitrogens is 1. The first-order chi connectivity index (χ1) is 11.2. The molecule has 0 radical (unpaired) electrons. The van der Waals surface area contributed by atoms with E-state index in [1.165, 1.54) is 17.0 Å². The summed E-state index contributed by atoms with van der Waals surface area (Å²) in [5.74, 6) is -0.00655. The second kappa shape index (κ2) is 7.57. The van der Waals surface area contributed by atoms with Crippen molar-refractivity contribution in [3.8, 4) is 0 Å². The molecule has 1 saturated heterocycles. The smallest absolute Gasteiger partial charge is 0.263 e. The Bertz CT molecular complexity index is 635. The number of nitrogens with zero attached hydrogens (tertiary/aromatic N) is 3. The lowest BCUT2D eigenvalue weighted by Gasteiger charge is -2.36. The quantitative estimate of drug-likeness (QED) is 0.911. The van der Waals surface area contributed by atoms with Gasteiger partial charge in [-0.2, -0.15) is 0 Å². The van der Waals surface area contributed by atoms with Crippen molar-refractivity contribution in [1.82, 2.24) is 15.2 Å². The Morgan fingerprint density at radius 2 is 1.96 bits per heavy atom. The summed E-state index contributed by atoms with van der Waals surface area (Å²) in [5.41, 5.74) is 3.82. The molecule has 6 heteroatoms. The van der Waals surface area contributed by atoms with E-state index in [2.05, 4.69) is 44.4 Å². The topological polar surface area (TPSA) is 48.5 Å². The number of nitrogens with one attached hydrogen (secondary N) is 1. The van der Waals surface area contributed by atoms with E-state index in [9.17, 15) is 4.79 Å². The van der Waals surface area contributed by atoms with E-state index in [0.29, 0.717) is 6.54 Å². The Morgan fingerprint density at radius 3 is 2.61 bits per heavy atom. The minimum Gasteiger partial charge on any atom is -0.369 e. The lowest BCUT2D eigenvalue weighted by atomic mass is 10.2. The molecule has 2 aromatic rings. The third-order valence-corrected chi connectivity index (χ3v) is 5.09. The number of piperazine rings is 1. The van der Waals surface area contributed by atoms with Crippen molar-refractivity contribution in [2.75, 3.05) is 44.2 Å². The van der Waals surface area contributed by atoms with Gasteiger partial charge in [-0.25, -0.2) is 4.98 Å². The van der Waals surface area contributed by atoms with Gasteiger partial charge in [0.25, 0.3) is 5.91 Å². The van der Waals surface area contributed by atoms with E-state index in [4.69, 9.17) is 0 Å². The molecule has 1 fully saturated rings. The molecule has 0 aliphatic carbocycles. The Balaban J connectivity index is 1.40. The minimum absolute atomic E-state index is 0.00655. The summed E-state index contributed by atoms with van der Waals surface area (Å²) in [6.07, 6.45) is 0. The van der Waals surface area contributed by atoms with Gasteiger partial charge in [-0.1, -0.05) is 18.2 Å². The predicted octanol–water partition coefficient (Wildman–Crippen LogP) is 2.00. The van der Waals surface area contributed by atoms with Crippen LogP contribution in [0.2, 0.25) is 0 Å². The van der Waals surface area contributed by atoms with Gasteiger partial charge in [0.2, 0.25) is 0 Å². The van der Waals surface area contributed by atoms with Crippen LogP contribution < -0.4 is 10.2 Å². The summed E-state index contributed by atoms with van der Waals surface area (Å²) in [6, 6.07) is 10.5. The van der Waals surface area contributed by atoms with Crippen molar-refractivity contribution in [3.05, 3.63) is 46.4 Å². The van der Waals surface area contributed by atoms with Gasteiger partial charge >= 0.3 is 0 Å². The molecule has 0 unspecified atom stereocenters. The summed E-state index contributed by atoms with van der Waals surface area (Å²) in [5, 5.41) is 2.99. The van der Waals surface area contributed by atoms with Crippen LogP contribution in [0.5, 0.6) is 0 Å². The average molecular weight is 330 g/mol. The van der Waals surface area contributed by atoms with Gasteiger partial charge in [0.1, 0.15) is 4.88 Å². The molecule has 0 saturated carbocycles. The Hall–Kier alpha value is -1.92. The van der Waals surface area contributed by atoms with Gasteiger partial charge in [0.05, 0.1) is 11.2 Å². The van der Waals surface area contributed by atoms with Crippen molar-refractivity contribution in [2.24, 2.45) is 0 Å². The van der Waals surface area contributed by atoms with Gasteiger partial charge in [-0.3, -0.25) is 9.69 Å². The highest BCUT2D eigenvalue weighted by molar-refractivity contribution is 7.11. The maximum Gasteiger partial charge on any atom is 0.263 e. The number of anilines is 1. The molecule has 5 nitrogen and oxygen atoms in total. The van der Waals surface area contributed by atoms with E-state index >= 15 is 0 Å². The van der Waals surface area contributed by atoms with Crippen molar-refractivity contribution in [3.63, 3.8) is 0 Å². The molecule has 2 heterocycles. The van der Waals surface area contributed by atoms with Crippen molar-refractivity contribution in [2.45, 2.75) is 6.92 Å². The molecular formula is C17H22N4OS. The number of hydrogen-bond acceptors (Lipinski definition) is 5. The molecular weight excluding hydrogens is 308 g/mol. The highest BCUT2D eigenvalue weighted by Crippen LogP contribution is 2.15. The molecule has 1 aromatic heterocycles. The number of carbonyl (C=O) groups excluding carboxylic acids is 1. The maximum atomic E-state index is 12.0. The molecule has 122 valence electrons. The fourth-order valence-electron chi connectivity index (χ4n) is 2.80. The third-order valence-electron chi connectivity index (χ3n) is 4.16. The van der Waals surface area contributed by atoms with Crippen LogP contribution in [0, 0.1) is 6.92 Å². The van der Waals surface area contributed by atoms with Gasteiger partial charge in [0, 0.05) is 45.0 Å². The predicted molar refractivity (Wildman–Crippen MR) is 94.3 cm³/mol. The van der Waals surface area contributed by atoms with E-state index in [-0.39, 0.29) is 5.91 Å². The van der Waals surface area contributed by atoms with Crippen molar-refractivity contribution < 1.29 is 4.79 Å². The van der Waals surface area contributed by atoms with Gasteiger partial charge in [-0.05, 0) is 19.1 Å². The number of thiazole rings is 1. The van der Waals surface area contributed by atoms with Gasteiger partial charge in [-0.15, -0.1) is 11.3 Å². The van der Waals surface area contributed by atoms with E-state index < -0.39 is 0 Å². The molecule has 0 bridgehead atoms. The zero-order valence-corrected chi connectivity index (χ0v) is 14.2. The zero-order chi connectivity index (χ0) is 16.1. The molecule has 3 rings (SSSR count). The van der Waals surface area contributed by atoms with Crippen LogP contribution in [0.15, 0.2) is 35.8 Å². The van der Waals surface area contributed by atoms with Gasteiger partial charge in [0.15, 0.2) is 0 Å². The first-order valence-electron chi connectivity index (χ1n) is 7.94. The molecule has 1 N–H and O–H groups in total. The summed E-state index contributed by atoms with van der Waals surface area (Å²) in [6.45, 7) is 7.58. The number of carbonyl (C=O) groups is 1. The first-order valence-corrected chi connectivity index (χ1v) is 8.82. The largest absolute Gasteiger partial charge is 0.369 e. The van der Waals surface area contributed by atoms with E-state index in [1.54, 1.807) is 5.51 Å². The Labute approximate surface area is 140 Å². The lowest BCUT2D eigenvalue weighted by Crippen LogP contribution is -2.48. The minimum atomic E-state index is -0.00655. The van der Waals surface area contributed by atoms with Crippen molar-refractivity contribution in [1.29, 1.82) is 0 Å². The summed E-state index contributed by atoms with van der Waals surface area (Å²) in [4.78, 5) is 21.7. The van der Waals surface area contributed by atoms with Crippen LogP contribution in [-0.2, 0) is 0 Å². The van der Waals surface area contributed by atoms with E-state index in [1.807, 2.05) is 13.0 Å². The Morgan fingerprint density at radius 1 is 1.22 bits per heavy atom. The number of amides is 1. The zero-order valence-electron chi connectivity index (χ0n) is 13.4.